The predicted octanol–water partition coefficient (Wildman–Crippen LogP) is 5.67. The Morgan fingerprint density at radius 3 is 1.88 bits per heavy atom. The van der Waals surface area contributed by atoms with Gasteiger partial charge in [0.15, 0.2) is 0 Å². The van der Waals surface area contributed by atoms with Gasteiger partial charge in [-0.15, -0.1) is 13.2 Å². The van der Waals surface area contributed by atoms with Crippen molar-refractivity contribution in [1.29, 1.82) is 0 Å². The zero-order valence-electron chi connectivity index (χ0n) is 11.8. The summed E-state index contributed by atoms with van der Waals surface area (Å²) in [7, 11) is 0. The molecule has 0 aliphatic carbocycles. The van der Waals surface area contributed by atoms with E-state index in [1.54, 1.807) is 0 Å². The molecule has 0 radical (unpaired) electrons. The molecule has 0 aromatic heterocycles. The molecule has 0 saturated carbocycles. The van der Waals surface area contributed by atoms with Gasteiger partial charge in [0.1, 0.15) is 0 Å². The molecule has 0 heteroatoms. The summed E-state index contributed by atoms with van der Waals surface area (Å²) < 4.78 is 0. The zero-order chi connectivity index (χ0) is 13.7. The van der Waals surface area contributed by atoms with Crippen molar-refractivity contribution in [1.82, 2.24) is 0 Å². The Morgan fingerprint density at radius 2 is 1.59 bits per heavy atom. The Kier molecular flexibility index (Phi) is 13.1. The molecule has 0 fully saturated rings. The van der Waals surface area contributed by atoms with E-state index in [9.17, 15) is 0 Å². The summed E-state index contributed by atoms with van der Waals surface area (Å²) in [6.45, 7) is 18.0. The number of allylic oxidation sites excluding steroid dienone is 3. The first-order chi connectivity index (χ1) is 8.31. The summed E-state index contributed by atoms with van der Waals surface area (Å²) in [5.41, 5.74) is 3.82. The van der Waals surface area contributed by atoms with Gasteiger partial charge in [-0.3, -0.25) is 0 Å². The van der Waals surface area contributed by atoms with Crippen molar-refractivity contribution in [3.63, 3.8) is 0 Å². The first-order valence-electron chi connectivity index (χ1n) is 6.19. The van der Waals surface area contributed by atoms with Gasteiger partial charge in [0.2, 0.25) is 0 Å². The van der Waals surface area contributed by atoms with Gasteiger partial charge in [-0.2, -0.15) is 0 Å². The minimum atomic E-state index is 1.10. The van der Waals surface area contributed by atoms with Crippen LogP contribution in [0.1, 0.15) is 38.8 Å². The fourth-order valence-electron chi connectivity index (χ4n) is 1.34. The summed E-state index contributed by atoms with van der Waals surface area (Å²) in [6, 6.07) is 8.64. The number of rotatable bonds is 3. The van der Waals surface area contributed by atoms with Gasteiger partial charge >= 0.3 is 0 Å². The molecule has 0 spiro atoms. The SMILES string of the molecule is C=C.C=C/C(=C\C)c1ccc(CC)cc1.CC. The number of hydrogen-bond donors (Lipinski definition) is 0. The smallest absolute Gasteiger partial charge is 0.0187 e. The minimum absolute atomic E-state index is 1.10. The van der Waals surface area contributed by atoms with E-state index in [4.69, 9.17) is 0 Å². The van der Waals surface area contributed by atoms with Crippen LogP contribution >= 0.6 is 0 Å². The van der Waals surface area contributed by atoms with E-state index in [1.165, 1.54) is 16.7 Å². The third-order valence-electron chi connectivity index (χ3n) is 2.23. The van der Waals surface area contributed by atoms with Crippen LogP contribution in [0.3, 0.4) is 0 Å². The van der Waals surface area contributed by atoms with Crippen LogP contribution in [0.25, 0.3) is 5.57 Å². The van der Waals surface area contributed by atoms with E-state index < -0.39 is 0 Å². The summed E-state index contributed by atoms with van der Waals surface area (Å²) in [5, 5.41) is 0. The topological polar surface area (TPSA) is 0 Å². The second-order valence-corrected chi connectivity index (χ2v) is 3.00. The Hall–Kier alpha value is -1.56. The molecule has 0 unspecified atom stereocenters. The van der Waals surface area contributed by atoms with Crippen LogP contribution in [0.4, 0.5) is 0 Å². The summed E-state index contributed by atoms with van der Waals surface area (Å²) in [6.07, 6.45) is 5.06. The lowest BCUT2D eigenvalue weighted by atomic mass is 10.0. The third-order valence-corrected chi connectivity index (χ3v) is 2.23. The molecular weight excluding hydrogens is 204 g/mol. The van der Waals surface area contributed by atoms with Crippen molar-refractivity contribution >= 4 is 5.57 Å². The molecule has 94 valence electrons. The zero-order valence-corrected chi connectivity index (χ0v) is 11.8. The highest BCUT2D eigenvalue weighted by molar-refractivity contribution is 5.73. The lowest BCUT2D eigenvalue weighted by Gasteiger charge is -2.02. The van der Waals surface area contributed by atoms with E-state index in [0.717, 1.165) is 6.42 Å². The first-order valence-corrected chi connectivity index (χ1v) is 6.19. The van der Waals surface area contributed by atoms with Crippen LogP contribution in [-0.2, 0) is 6.42 Å². The molecule has 17 heavy (non-hydrogen) atoms. The molecular formula is C17H26. The fourth-order valence-corrected chi connectivity index (χ4v) is 1.34. The highest BCUT2D eigenvalue weighted by Gasteiger charge is 1.95. The second kappa shape index (κ2) is 12.5. The normalized spacial score (nSPS) is 9.29. The van der Waals surface area contributed by atoms with Gasteiger partial charge in [-0.25, -0.2) is 0 Å². The summed E-state index contributed by atoms with van der Waals surface area (Å²) in [5.74, 6) is 0. The number of aryl methyl sites for hydroxylation is 1. The quantitative estimate of drug-likeness (QED) is 0.464. The van der Waals surface area contributed by atoms with Gasteiger partial charge in [0.25, 0.3) is 0 Å². The molecule has 0 bridgehead atoms. The highest BCUT2D eigenvalue weighted by atomic mass is 14.0. The van der Waals surface area contributed by atoms with Crippen LogP contribution in [0.2, 0.25) is 0 Å². The number of benzene rings is 1. The van der Waals surface area contributed by atoms with Crippen LogP contribution in [-0.4, -0.2) is 0 Å². The molecule has 1 aromatic carbocycles. The molecule has 0 N–H and O–H groups in total. The molecule has 0 amide bonds. The second-order valence-electron chi connectivity index (χ2n) is 3.00. The lowest BCUT2D eigenvalue weighted by Crippen LogP contribution is -1.83. The van der Waals surface area contributed by atoms with Gasteiger partial charge < -0.3 is 0 Å². The van der Waals surface area contributed by atoms with Crippen LogP contribution in [0.5, 0.6) is 0 Å². The van der Waals surface area contributed by atoms with E-state index in [0.29, 0.717) is 0 Å². The molecule has 0 nitrogen and oxygen atoms in total. The molecule has 0 aliphatic heterocycles. The lowest BCUT2D eigenvalue weighted by molar-refractivity contribution is 1.14. The number of hydrogen-bond acceptors (Lipinski definition) is 0. The molecule has 1 rings (SSSR count). The van der Waals surface area contributed by atoms with Crippen LogP contribution in [0.15, 0.2) is 56.2 Å². The van der Waals surface area contributed by atoms with Crippen molar-refractivity contribution < 1.29 is 0 Å². The standard InChI is InChI=1S/C13H16.C2H6.C2H4/c1-4-11-7-9-13(10-8-11)12(5-2)6-3;2*1-2/h5-10H,2,4H2,1,3H3;1-2H3;1-2H2/b12-6+;;. The first kappa shape index (κ1) is 17.8. The maximum atomic E-state index is 3.78. The largest absolute Gasteiger partial charge is 0.106 e. The average Bonchev–Trinajstić information content (AvgIpc) is 2.45. The molecule has 0 aliphatic rings. The Labute approximate surface area is 107 Å². The van der Waals surface area contributed by atoms with Crippen molar-refractivity contribution in [3.05, 3.63) is 67.3 Å². The summed E-state index contributed by atoms with van der Waals surface area (Å²) >= 11 is 0. The van der Waals surface area contributed by atoms with Crippen molar-refractivity contribution in [2.24, 2.45) is 0 Å². The Balaban J connectivity index is 0. The van der Waals surface area contributed by atoms with E-state index in [-0.39, 0.29) is 0 Å². The monoisotopic (exact) mass is 230 g/mol. The van der Waals surface area contributed by atoms with Gasteiger partial charge in [0.05, 0.1) is 0 Å². The fraction of sp³-hybridized carbons (Fsp3) is 0.294. The molecule has 0 atom stereocenters. The van der Waals surface area contributed by atoms with Gasteiger partial charge in [-0.05, 0) is 30.0 Å². The predicted molar refractivity (Wildman–Crippen MR) is 82.3 cm³/mol. The van der Waals surface area contributed by atoms with Crippen LogP contribution in [0, 0.1) is 0 Å². The summed E-state index contributed by atoms with van der Waals surface area (Å²) in [4.78, 5) is 0. The highest BCUT2D eigenvalue weighted by Crippen LogP contribution is 2.15. The van der Waals surface area contributed by atoms with Crippen LogP contribution < -0.4 is 0 Å². The maximum absolute atomic E-state index is 3.78. The molecule has 0 heterocycles. The van der Waals surface area contributed by atoms with E-state index in [1.807, 2.05) is 26.8 Å². The van der Waals surface area contributed by atoms with E-state index in [2.05, 4.69) is 57.0 Å². The van der Waals surface area contributed by atoms with Gasteiger partial charge in [-0.1, -0.05) is 63.8 Å². The Morgan fingerprint density at radius 1 is 1.12 bits per heavy atom. The minimum Gasteiger partial charge on any atom is -0.106 e. The van der Waals surface area contributed by atoms with Crippen molar-refractivity contribution in [3.8, 4) is 0 Å². The third kappa shape index (κ3) is 6.57. The molecule has 1 aromatic rings. The maximum Gasteiger partial charge on any atom is -0.0187 e. The average molecular weight is 230 g/mol. The Bertz CT molecular complexity index is 314. The van der Waals surface area contributed by atoms with E-state index >= 15 is 0 Å². The molecule has 0 saturated heterocycles. The van der Waals surface area contributed by atoms with Gasteiger partial charge in [0, 0.05) is 0 Å². The van der Waals surface area contributed by atoms with Crippen molar-refractivity contribution in [2.45, 2.75) is 34.1 Å². The van der Waals surface area contributed by atoms with Crippen molar-refractivity contribution in [2.75, 3.05) is 0 Å².